The molecule has 94 valence electrons. The number of hydrogen-bond donors (Lipinski definition) is 0. The van der Waals surface area contributed by atoms with Gasteiger partial charge in [-0.3, -0.25) is 0 Å². The van der Waals surface area contributed by atoms with E-state index in [2.05, 4.69) is 51.7 Å². The Labute approximate surface area is 112 Å². The molecule has 0 bridgehead atoms. The van der Waals surface area contributed by atoms with Crippen LogP contribution in [0.15, 0.2) is 17.0 Å². The number of nitrogens with zero attached hydrogens (tertiary/aromatic N) is 3. The Morgan fingerprint density at radius 1 is 1.35 bits per heavy atom. The highest BCUT2D eigenvalue weighted by atomic mass is 79.9. The summed E-state index contributed by atoms with van der Waals surface area (Å²) in [7, 11) is 2.13. The molecule has 1 fully saturated rings. The summed E-state index contributed by atoms with van der Waals surface area (Å²) in [6.07, 6.45) is 8.52. The van der Waals surface area contributed by atoms with Crippen LogP contribution in [0.25, 0.3) is 0 Å². The van der Waals surface area contributed by atoms with Gasteiger partial charge >= 0.3 is 0 Å². The monoisotopic (exact) mass is 297 g/mol. The van der Waals surface area contributed by atoms with E-state index in [9.17, 15) is 0 Å². The molecule has 1 aromatic heterocycles. The molecule has 4 heteroatoms. The lowest BCUT2D eigenvalue weighted by molar-refractivity contribution is 0.222. The maximum atomic E-state index is 4.36. The summed E-state index contributed by atoms with van der Waals surface area (Å²) in [6.45, 7) is 4.73. The van der Waals surface area contributed by atoms with Gasteiger partial charge < -0.3 is 4.90 Å². The molecule has 1 saturated carbocycles. The van der Waals surface area contributed by atoms with Crippen LogP contribution >= 0.6 is 15.9 Å². The minimum atomic E-state index is 0.514. The fourth-order valence-corrected chi connectivity index (χ4v) is 3.01. The van der Waals surface area contributed by atoms with Crippen molar-refractivity contribution in [3.05, 3.63) is 17.0 Å². The lowest BCUT2D eigenvalue weighted by atomic mass is 9.75. The molecule has 0 amide bonds. The third-order valence-electron chi connectivity index (χ3n) is 3.84. The number of hydrogen-bond acceptors (Lipinski definition) is 3. The maximum absolute atomic E-state index is 4.36. The van der Waals surface area contributed by atoms with Crippen molar-refractivity contribution in [1.82, 2.24) is 9.97 Å². The first-order valence-corrected chi connectivity index (χ1v) is 6.97. The number of halogens is 1. The first-order valence-electron chi connectivity index (χ1n) is 6.18. The number of aromatic nitrogens is 2. The smallest absolute Gasteiger partial charge is 0.146 e. The summed E-state index contributed by atoms with van der Waals surface area (Å²) in [4.78, 5) is 10.7. The van der Waals surface area contributed by atoms with Crippen molar-refractivity contribution in [1.29, 1.82) is 0 Å². The van der Waals surface area contributed by atoms with Crippen LogP contribution in [0.5, 0.6) is 0 Å². The number of anilines is 1. The van der Waals surface area contributed by atoms with Crippen LogP contribution in [0.3, 0.4) is 0 Å². The maximum Gasteiger partial charge on any atom is 0.146 e. The molecule has 0 radical (unpaired) electrons. The highest BCUT2D eigenvalue weighted by Crippen LogP contribution is 2.38. The van der Waals surface area contributed by atoms with Gasteiger partial charge in [0.15, 0.2) is 0 Å². The lowest BCUT2D eigenvalue weighted by Gasteiger charge is -2.39. The van der Waals surface area contributed by atoms with Crippen molar-refractivity contribution in [2.75, 3.05) is 11.9 Å². The predicted octanol–water partition coefficient (Wildman–Crippen LogP) is 3.64. The molecule has 0 spiro atoms. The number of rotatable bonds is 2. The summed E-state index contributed by atoms with van der Waals surface area (Å²) < 4.78 is 0.979. The minimum Gasteiger partial charge on any atom is -0.356 e. The predicted molar refractivity (Wildman–Crippen MR) is 74.2 cm³/mol. The molecule has 1 aliphatic rings. The Morgan fingerprint density at radius 2 is 2.00 bits per heavy atom. The first kappa shape index (κ1) is 12.8. The zero-order chi connectivity index (χ0) is 12.5. The molecule has 3 nitrogen and oxygen atoms in total. The summed E-state index contributed by atoms with van der Waals surface area (Å²) in [6, 6.07) is 0.606. The third-order valence-corrected chi connectivity index (χ3v) is 4.40. The summed E-state index contributed by atoms with van der Waals surface area (Å²) >= 11 is 3.52. The Balaban J connectivity index is 2.07. The Morgan fingerprint density at radius 3 is 2.59 bits per heavy atom. The van der Waals surface area contributed by atoms with Crippen LogP contribution in [0, 0.1) is 5.41 Å². The van der Waals surface area contributed by atoms with E-state index in [0.29, 0.717) is 11.5 Å². The highest BCUT2D eigenvalue weighted by molar-refractivity contribution is 9.10. The second-order valence-electron chi connectivity index (χ2n) is 5.70. The van der Waals surface area contributed by atoms with E-state index < -0.39 is 0 Å². The topological polar surface area (TPSA) is 29.0 Å². The largest absolute Gasteiger partial charge is 0.356 e. The van der Waals surface area contributed by atoms with Crippen LogP contribution in [-0.2, 0) is 0 Å². The van der Waals surface area contributed by atoms with E-state index in [1.54, 1.807) is 6.33 Å². The highest BCUT2D eigenvalue weighted by Gasteiger charge is 2.29. The van der Waals surface area contributed by atoms with Crippen LogP contribution in [0.1, 0.15) is 39.5 Å². The molecule has 0 saturated heterocycles. The van der Waals surface area contributed by atoms with Crippen molar-refractivity contribution in [2.24, 2.45) is 5.41 Å². The Kier molecular flexibility index (Phi) is 3.71. The van der Waals surface area contributed by atoms with Crippen LogP contribution < -0.4 is 4.90 Å². The first-order chi connectivity index (χ1) is 7.99. The van der Waals surface area contributed by atoms with E-state index in [4.69, 9.17) is 0 Å². The fraction of sp³-hybridized carbons (Fsp3) is 0.692. The van der Waals surface area contributed by atoms with E-state index in [-0.39, 0.29) is 0 Å². The van der Waals surface area contributed by atoms with Crippen molar-refractivity contribution < 1.29 is 0 Å². The van der Waals surface area contributed by atoms with Crippen molar-refractivity contribution >= 4 is 21.7 Å². The average Bonchev–Trinajstić information content (AvgIpc) is 2.29. The van der Waals surface area contributed by atoms with Crippen molar-refractivity contribution in [3.63, 3.8) is 0 Å². The van der Waals surface area contributed by atoms with Crippen LogP contribution in [0.4, 0.5) is 5.82 Å². The zero-order valence-electron chi connectivity index (χ0n) is 10.8. The van der Waals surface area contributed by atoms with Gasteiger partial charge in [-0.05, 0) is 47.0 Å². The van der Waals surface area contributed by atoms with Gasteiger partial charge in [0.2, 0.25) is 0 Å². The van der Waals surface area contributed by atoms with Gasteiger partial charge in [-0.15, -0.1) is 0 Å². The quantitative estimate of drug-likeness (QED) is 0.834. The van der Waals surface area contributed by atoms with Gasteiger partial charge in [0.25, 0.3) is 0 Å². The molecular formula is C13H20BrN3. The average molecular weight is 298 g/mol. The van der Waals surface area contributed by atoms with Crippen LogP contribution in [0.2, 0.25) is 0 Å². The molecular weight excluding hydrogens is 278 g/mol. The lowest BCUT2D eigenvalue weighted by Crippen LogP contribution is -2.37. The molecule has 1 aromatic rings. The Bertz CT molecular complexity index is 382. The summed E-state index contributed by atoms with van der Waals surface area (Å²) in [5.41, 5.74) is 0.514. The van der Waals surface area contributed by atoms with E-state index in [1.165, 1.54) is 25.7 Å². The van der Waals surface area contributed by atoms with Gasteiger partial charge in [-0.2, -0.15) is 0 Å². The normalized spacial score (nSPS) is 20.2. The van der Waals surface area contributed by atoms with Gasteiger partial charge in [0, 0.05) is 19.3 Å². The molecule has 0 N–H and O–H groups in total. The summed E-state index contributed by atoms with van der Waals surface area (Å²) in [5.74, 6) is 1.00. The Hall–Kier alpha value is -0.640. The molecule has 0 aliphatic heterocycles. The molecule has 1 aliphatic carbocycles. The van der Waals surface area contributed by atoms with Gasteiger partial charge in [0.05, 0.1) is 4.47 Å². The fourth-order valence-electron chi connectivity index (χ4n) is 2.51. The molecule has 2 rings (SSSR count). The SMILES string of the molecule is CN(c1ncncc1Br)C1CCC(C)(C)CC1. The van der Waals surface area contributed by atoms with Crippen molar-refractivity contribution in [2.45, 2.75) is 45.6 Å². The van der Waals surface area contributed by atoms with E-state index in [1.807, 2.05) is 6.20 Å². The van der Waals surface area contributed by atoms with Crippen LogP contribution in [-0.4, -0.2) is 23.1 Å². The standard InChI is InChI=1S/C13H20BrN3/c1-13(2)6-4-10(5-7-13)17(3)12-11(14)8-15-9-16-12/h8-10H,4-7H2,1-3H3. The van der Waals surface area contributed by atoms with Gasteiger partial charge in [-0.1, -0.05) is 13.8 Å². The zero-order valence-corrected chi connectivity index (χ0v) is 12.4. The van der Waals surface area contributed by atoms with Gasteiger partial charge in [-0.25, -0.2) is 9.97 Å². The molecule has 0 unspecified atom stereocenters. The molecule has 0 aromatic carbocycles. The van der Waals surface area contributed by atoms with E-state index >= 15 is 0 Å². The molecule has 17 heavy (non-hydrogen) atoms. The minimum absolute atomic E-state index is 0.514. The van der Waals surface area contributed by atoms with E-state index in [0.717, 1.165) is 10.3 Å². The molecule has 0 atom stereocenters. The van der Waals surface area contributed by atoms with Gasteiger partial charge in [0.1, 0.15) is 12.1 Å². The van der Waals surface area contributed by atoms with Crippen molar-refractivity contribution in [3.8, 4) is 0 Å². The molecule has 1 heterocycles. The third kappa shape index (κ3) is 2.97. The second kappa shape index (κ2) is 4.92. The second-order valence-corrected chi connectivity index (χ2v) is 6.55. The summed E-state index contributed by atoms with van der Waals surface area (Å²) in [5, 5.41) is 0.